The molecule has 0 aliphatic carbocycles. The Labute approximate surface area is 138 Å². The van der Waals surface area contributed by atoms with E-state index in [0.29, 0.717) is 12.3 Å². The summed E-state index contributed by atoms with van der Waals surface area (Å²) in [6.45, 7) is 4.55. The summed E-state index contributed by atoms with van der Waals surface area (Å²) in [6, 6.07) is 7.59. The van der Waals surface area contributed by atoms with E-state index in [4.69, 9.17) is 4.74 Å². The molecule has 0 radical (unpaired) electrons. The highest BCUT2D eigenvalue weighted by Gasteiger charge is 2.25. The molecule has 23 heavy (non-hydrogen) atoms. The summed E-state index contributed by atoms with van der Waals surface area (Å²) < 4.78 is 28.6. The van der Waals surface area contributed by atoms with Crippen molar-refractivity contribution < 1.29 is 17.9 Å². The first-order valence-corrected chi connectivity index (χ1v) is 9.90. The molecule has 1 aromatic rings. The van der Waals surface area contributed by atoms with Crippen LogP contribution < -0.4 is 10.1 Å². The average Bonchev–Trinajstić information content (AvgIpc) is 2.46. The molecule has 0 unspecified atom stereocenters. The summed E-state index contributed by atoms with van der Waals surface area (Å²) >= 11 is 0. The Bertz CT molecular complexity index is 622. The number of hydrogen-bond acceptors (Lipinski definition) is 4. The van der Waals surface area contributed by atoms with Crippen molar-refractivity contribution in [3.63, 3.8) is 0 Å². The van der Waals surface area contributed by atoms with E-state index in [1.54, 1.807) is 0 Å². The van der Waals surface area contributed by atoms with Crippen LogP contribution in [0.5, 0.6) is 5.75 Å². The van der Waals surface area contributed by atoms with Crippen LogP contribution in [0.1, 0.15) is 44.6 Å². The Hall–Kier alpha value is -1.56. The van der Waals surface area contributed by atoms with Crippen LogP contribution in [0.2, 0.25) is 0 Å². The molecular weight excluding hydrogens is 314 g/mol. The Morgan fingerprint density at radius 1 is 1.30 bits per heavy atom. The van der Waals surface area contributed by atoms with E-state index in [9.17, 15) is 13.2 Å². The lowest BCUT2D eigenvalue weighted by molar-refractivity contribution is -0.122. The van der Waals surface area contributed by atoms with Crippen molar-refractivity contribution in [3.8, 4) is 5.75 Å². The highest BCUT2D eigenvalue weighted by atomic mass is 32.2. The predicted molar refractivity (Wildman–Crippen MR) is 90.5 cm³/mol. The minimum Gasteiger partial charge on any atom is -0.493 e. The van der Waals surface area contributed by atoms with Gasteiger partial charge in [-0.3, -0.25) is 4.79 Å². The molecule has 0 bridgehead atoms. The summed E-state index contributed by atoms with van der Waals surface area (Å²) in [5, 5.41) is 2.79. The van der Waals surface area contributed by atoms with Crippen LogP contribution in [0.25, 0.3) is 0 Å². The lowest BCUT2D eigenvalue weighted by atomic mass is 10.0. The fraction of sp³-hybridized carbons (Fsp3) is 0.588. The van der Waals surface area contributed by atoms with Crippen molar-refractivity contribution >= 4 is 15.7 Å². The van der Waals surface area contributed by atoms with Gasteiger partial charge in [-0.25, -0.2) is 8.42 Å². The first-order valence-electron chi connectivity index (χ1n) is 8.08. The summed E-state index contributed by atoms with van der Waals surface area (Å²) in [7, 11) is -3.00. The third kappa shape index (κ3) is 5.86. The number of nitrogens with one attached hydrogen (secondary N) is 1. The maximum atomic E-state index is 11.9. The zero-order chi connectivity index (χ0) is 16.9. The normalized spacial score (nSPS) is 20.2. The molecule has 1 N–H and O–H groups in total. The van der Waals surface area contributed by atoms with Crippen molar-refractivity contribution in [1.82, 2.24) is 5.32 Å². The Kier molecular flexibility index (Phi) is 6.04. The molecule has 2 rings (SSSR count). The summed E-state index contributed by atoms with van der Waals surface area (Å²) in [6.07, 6.45) is 1.57. The summed E-state index contributed by atoms with van der Waals surface area (Å²) in [5.41, 5.74) is 1.24. The van der Waals surface area contributed by atoms with E-state index in [1.165, 1.54) is 5.56 Å². The number of carbonyl (C=O) groups is 1. The molecule has 1 atom stereocenters. The number of benzene rings is 1. The van der Waals surface area contributed by atoms with E-state index in [0.717, 1.165) is 12.2 Å². The monoisotopic (exact) mass is 339 g/mol. The number of amides is 1. The van der Waals surface area contributed by atoms with Gasteiger partial charge in [-0.15, -0.1) is 0 Å². The quantitative estimate of drug-likeness (QED) is 0.863. The standard InChI is InChI=1S/C17H25NO4S/c1-13(2)14-5-7-16(8-6-14)22-10-9-17(19)18-15-4-3-11-23(20,21)12-15/h5-8,13,15H,3-4,9-12H2,1-2H3,(H,18,19)/t15-/m0/s1. The molecule has 1 heterocycles. The maximum absolute atomic E-state index is 11.9. The average molecular weight is 339 g/mol. The van der Waals surface area contributed by atoms with Crippen LogP contribution in [-0.4, -0.2) is 38.5 Å². The first kappa shape index (κ1) is 17.8. The SMILES string of the molecule is CC(C)c1ccc(OCCC(=O)N[C@H]2CCCS(=O)(=O)C2)cc1. The highest BCUT2D eigenvalue weighted by molar-refractivity contribution is 7.91. The van der Waals surface area contributed by atoms with Gasteiger partial charge in [0, 0.05) is 6.04 Å². The third-order valence-corrected chi connectivity index (χ3v) is 5.79. The lowest BCUT2D eigenvalue weighted by Gasteiger charge is -2.23. The number of rotatable bonds is 6. The van der Waals surface area contributed by atoms with Crippen molar-refractivity contribution in [2.24, 2.45) is 0 Å². The molecule has 0 aromatic heterocycles. The van der Waals surface area contributed by atoms with E-state index >= 15 is 0 Å². The number of carbonyl (C=O) groups excluding carboxylic acids is 1. The topological polar surface area (TPSA) is 72.5 Å². The molecule has 1 aliphatic rings. The van der Waals surface area contributed by atoms with Crippen molar-refractivity contribution in [2.45, 2.75) is 45.1 Å². The van der Waals surface area contributed by atoms with Gasteiger partial charge in [0.05, 0.1) is 24.5 Å². The van der Waals surface area contributed by atoms with E-state index < -0.39 is 9.84 Å². The minimum absolute atomic E-state index is 0.0518. The smallest absolute Gasteiger partial charge is 0.223 e. The molecule has 0 spiro atoms. The molecule has 1 saturated heterocycles. The Balaban J connectivity index is 1.72. The van der Waals surface area contributed by atoms with Crippen molar-refractivity contribution in [2.75, 3.05) is 18.1 Å². The molecule has 1 aromatic carbocycles. The second-order valence-corrected chi connectivity index (χ2v) is 8.57. The molecule has 6 heteroatoms. The molecular formula is C17H25NO4S. The fourth-order valence-electron chi connectivity index (χ4n) is 2.65. The molecule has 0 saturated carbocycles. The summed E-state index contributed by atoms with van der Waals surface area (Å²) in [5.74, 6) is 1.33. The van der Waals surface area contributed by atoms with Crippen LogP contribution in [0.3, 0.4) is 0 Å². The zero-order valence-electron chi connectivity index (χ0n) is 13.7. The molecule has 1 fully saturated rings. The lowest BCUT2D eigenvalue weighted by Crippen LogP contribution is -2.43. The van der Waals surface area contributed by atoms with Gasteiger partial charge in [0.2, 0.25) is 5.91 Å². The maximum Gasteiger partial charge on any atom is 0.223 e. The Morgan fingerprint density at radius 2 is 2.00 bits per heavy atom. The molecule has 5 nitrogen and oxygen atoms in total. The van der Waals surface area contributed by atoms with E-state index in [2.05, 4.69) is 19.2 Å². The van der Waals surface area contributed by atoms with Gasteiger partial charge < -0.3 is 10.1 Å². The van der Waals surface area contributed by atoms with Gasteiger partial charge in [0.25, 0.3) is 0 Å². The first-order chi connectivity index (χ1) is 10.9. The highest BCUT2D eigenvalue weighted by Crippen LogP contribution is 2.18. The van der Waals surface area contributed by atoms with Crippen LogP contribution in [0, 0.1) is 0 Å². The van der Waals surface area contributed by atoms with Crippen LogP contribution in [0.4, 0.5) is 0 Å². The molecule has 1 amide bonds. The number of sulfone groups is 1. The second-order valence-electron chi connectivity index (χ2n) is 6.34. The van der Waals surface area contributed by atoms with Crippen LogP contribution in [-0.2, 0) is 14.6 Å². The molecule has 128 valence electrons. The van der Waals surface area contributed by atoms with Gasteiger partial charge in [-0.1, -0.05) is 26.0 Å². The van der Waals surface area contributed by atoms with Crippen LogP contribution >= 0.6 is 0 Å². The second kappa shape index (κ2) is 7.81. The van der Waals surface area contributed by atoms with Gasteiger partial charge in [0.15, 0.2) is 9.84 Å². The Morgan fingerprint density at radius 3 is 2.61 bits per heavy atom. The summed E-state index contributed by atoms with van der Waals surface area (Å²) in [4.78, 5) is 11.9. The van der Waals surface area contributed by atoms with Crippen molar-refractivity contribution in [1.29, 1.82) is 0 Å². The van der Waals surface area contributed by atoms with Gasteiger partial charge in [0.1, 0.15) is 5.75 Å². The van der Waals surface area contributed by atoms with E-state index in [-0.39, 0.29) is 36.5 Å². The van der Waals surface area contributed by atoms with Gasteiger partial charge in [-0.2, -0.15) is 0 Å². The largest absolute Gasteiger partial charge is 0.493 e. The zero-order valence-corrected chi connectivity index (χ0v) is 14.6. The van der Waals surface area contributed by atoms with E-state index in [1.807, 2.05) is 24.3 Å². The number of ether oxygens (including phenoxy) is 1. The van der Waals surface area contributed by atoms with Crippen LogP contribution in [0.15, 0.2) is 24.3 Å². The van der Waals surface area contributed by atoms with Crippen molar-refractivity contribution in [3.05, 3.63) is 29.8 Å². The van der Waals surface area contributed by atoms with Gasteiger partial charge in [-0.05, 0) is 36.5 Å². The fourth-order valence-corrected chi connectivity index (χ4v) is 4.28. The number of hydrogen-bond donors (Lipinski definition) is 1. The third-order valence-electron chi connectivity index (χ3n) is 3.97. The predicted octanol–water partition coefficient (Wildman–Crippen LogP) is 2.27. The molecule has 1 aliphatic heterocycles. The minimum atomic E-state index is -3.00. The van der Waals surface area contributed by atoms with Gasteiger partial charge >= 0.3 is 0 Å².